The van der Waals surface area contributed by atoms with E-state index >= 15 is 0 Å². The number of carbonyl (C=O) groups excluding carboxylic acids is 2. The van der Waals surface area contributed by atoms with Crippen LogP contribution in [0.2, 0.25) is 0 Å². The number of carbonyl (C=O) groups is 2. The van der Waals surface area contributed by atoms with Crippen LogP contribution < -0.4 is 16.0 Å². The standard InChI is InChI=1S/C14H16N4O3/c1-9-7-13(18-21-9)17-14(20)8-15-11-3-5-12(6-4-11)16-10(2)19/h3-7,15H,8H2,1-2H3,(H,16,19)(H,17,18,20). The van der Waals surface area contributed by atoms with Gasteiger partial charge in [-0.1, -0.05) is 5.16 Å². The molecule has 0 saturated heterocycles. The third kappa shape index (κ3) is 4.64. The Bertz CT molecular complexity index is 634. The molecule has 0 atom stereocenters. The molecule has 7 heteroatoms. The van der Waals surface area contributed by atoms with Crippen molar-refractivity contribution in [2.75, 3.05) is 22.5 Å². The van der Waals surface area contributed by atoms with Crippen LogP contribution in [0.25, 0.3) is 0 Å². The minimum atomic E-state index is -0.228. The largest absolute Gasteiger partial charge is 0.376 e. The van der Waals surface area contributed by atoms with Gasteiger partial charge in [0.15, 0.2) is 5.82 Å². The molecule has 1 aromatic carbocycles. The number of hydrogen-bond acceptors (Lipinski definition) is 5. The molecule has 1 aromatic heterocycles. The van der Waals surface area contributed by atoms with Gasteiger partial charge in [-0.25, -0.2) is 0 Å². The number of nitrogens with one attached hydrogen (secondary N) is 3. The highest BCUT2D eigenvalue weighted by molar-refractivity contribution is 5.93. The highest BCUT2D eigenvalue weighted by atomic mass is 16.5. The minimum Gasteiger partial charge on any atom is -0.376 e. The van der Waals surface area contributed by atoms with Crippen molar-refractivity contribution in [3.8, 4) is 0 Å². The lowest BCUT2D eigenvalue weighted by molar-refractivity contribution is -0.115. The summed E-state index contributed by atoms with van der Waals surface area (Å²) in [4.78, 5) is 22.6. The Morgan fingerprint density at radius 1 is 1.14 bits per heavy atom. The van der Waals surface area contributed by atoms with Gasteiger partial charge < -0.3 is 20.5 Å². The molecular weight excluding hydrogens is 272 g/mol. The molecule has 7 nitrogen and oxygen atoms in total. The quantitative estimate of drug-likeness (QED) is 0.782. The van der Waals surface area contributed by atoms with E-state index in [2.05, 4.69) is 21.1 Å². The number of benzene rings is 1. The Morgan fingerprint density at radius 2 is 1.81 bits per heavy atom. The van der Waals surface area contributed by atoms with Crippen LogP contribution in [0.15, 0.2) is 34.9 Å². The molecule has 0 spiro atoms. The third-order valence-electron chi connectivity index (χ3n) is 2.55. The van der Waals surface area contributed by atoms with E-state index in [1.54, 1.807) is 37.3 Å². The van der Waals surface area contributed by atoms with E-state index in [4.69, 9.17) is 4.52 Å². The van der Waals surface area contributed by atoms with E-state index in [9.17, 15) is 9.59 Å². The molecule has 21 heavy (non-hydrogen) atoms. The lowest BCUT2D eigenvalue weighted by Gasteiger charge is -2.07. The van der Waals surface area contributed by atoms with Gasteiger partial charge in [-0.2, -0.15) is 0 Å². The van der Waals surface area contributed by atoms with E-state index in [1.165, 1.54) is 6.92 Å². The molecule has 3 N–H and O–H groups in total. The third-order valence-corrected chi connectivity index (χ3v) is 2.55. The van der Waals surface area contributed by atoms with Crippen LogP contribution in [0.3, 0.4) is 0 Å². The van der Waals surface area contributed by atoms with Crippen molar-refractivity contribution in [1.29, 1.82) is 0 Å². The summed E-state index contributed by atoms with van der Waals surface area (Å²) in [6.07, 6.45) is 0. The van der Waals surface area contributed by atoms with Gasteiger partial charge >= 0.3 is 0 Å². The molecule has 0 aliphatic heterocycles. The Kier molecular flexibility index (Phi) is 4.55. The van der Waals surface area contributed by atoms with Crippen molar-refractivity contribution >= 4 is 29.0 Å². The second-order valence-corrected chi connectivity index (χ2v) is 4.48. The average molecular weight is 288 g/mol. The molecule has 0 radical (unpaired) electrons. The summed E-state index contributed by atoms with van der Waals surface area (Å²) in [5.41, 5.74) is 1.48. The number of nitrogens with zero attached hydrogens (tertiary/aromatic N) is 1. The monoisotopic (exact) mass is 288 g/mol. The SMILES string of the molecule is CC(=O)Nc1ccc(NCC(=O)Nc2cc(C)on2)cc1. The zero-order valence-electron chi connectivity index (χ0n) is 11.8. The van der Waals surface area contributed by atoms with Gasteiger partial charge in [0, 0.05) is 24.4 Å². The molecule has 2 aromatic rings. The lowest BCUT2D eigenvalue weighted by Crippen LogP contribution is -2.21. The first-order chi connectivity index (χ1) is 10.0. The van der Waals surface area contributed by atoms with Gasteiger partial charge in [0.25, 0.3) is 0 Å². The molecule has 0 aliphatic carbocycles. The van der Waals surface area contributed by atoms with Gasteiger partial charge in [-0.05, 0) is 31.2 Å². The van der Waals surface area contributed by atoms with Crippen molar-refractivity contribution in [2.45, 2.75) is 13.8 Å². The first kappa shape index (κ1) is 14.6. The van der Waals surface area contributed by atoms with Gasteiger partial charge in [0.05, 0.1) is 6.54 Å². The number of aryl methyl sites for hydroxylation is 1. The summed E-state index contributed by atoms with van der Waals surface area (Å²) >= 11 is 0. The van der Waals surface area contributed by atoms with E-state index in [0.29, 0.717) is 17.3 Å². The lowest BCUT2D eigenvalue weighted by atomic mass is 10.2. The molecule has 0 unspecified atom stereocenters. The summed E-state index contributed by atoms with van der Waals surface area (Å²) in [6.45, 7) is 3.30. The molecule has 2 amide bonds. The Labute approximate surface area is 121 Å². The minimum absolute atomic E-state index is 0.103. The van der Waals surface area contributed by atoms with Crippen LogP contribution in [0.4, 0.5) is 17.2 Å². The molecule has 0 aliphatic rings. The molecule has 1 heterocycles. The Hall–Kier alpha value is -2.83. The van der Waals surface area contributed by atoms with Crippen molar-refractivity contribution in [1.82, 2.24) is 5.16 Å². The van der Waals surface area contributed by atoms with E-state index in [0.717, 1.165) is 5.69 Å². The average Bonchev–Trinajstić information content (AvgIpc) is 2.83. The fourth-order valence-electron chi connectivity index (χ4n) is 1.67. The first-order valence-corrected chi connectivity index (χ1v) is 6.37. The predicted octanol–water partition coefficient (Wildman–Crippen LogP) is 1.99. The highest BCUT2D eigenvalue weighted by Gasteiger charge is 2.06. The first-order valence-electron chi connectivity index (χ1n) is 6.37. The molecule has 0 bridgehead atoms. The van der Waals surface area contributed by atoms with Crippen LogP contribution in [0.5, 0.6) is 0 Å². The van der Waals surface area contributed by atoms with E-state index in [-0.39, 0.29) is 18.4 Å². The summed E-state index contributed by atoms with van der Waals surface area (Å²) < 4.78 is 4.85. The van der Waals surface area contributed by atoms with E-state index < -0.39 is 0 Å². The molecule has 2 rings (SSSR count). The smallest absolute Gasteiger partial charge is 0.244 e. The maximum absolute atomic E-state index is 11.7. The van der Waals surface area contributed by atoms with Crippen molar-refractivity contribution in [3.63, 3.8) is 0 Å². The van der Waals surface area contributed by atoms with Crippen LogP contribution in [-0.4, -0.2) is 23.5 Å². The van der Waals surface area contributed by atoms with Crippen molar-refractivity contribution < 1.29 is 14.1 Å². The van der Waals surface area contributed by atoms with E-state index in [1.807, 2.05) is 0 Å². The molecule has 0 saturated carbocycles. The number of hydrogen-bond donors (Lipinski definition) is 3. The maximum atomic E-state index is 11.7. The van der Waals surface area contributed by atoms with Crippen LogP contribution in [0, 0.1) is 6.92 Å². The summed E-state index contributed by atoms with van der Waals surface area (Å²) in [5, 5.41) is 11.9. The Morgan fingerprint density at radius 3 is 2.38 bits per heavy atom. The second-order valence-electron chi connectivity index (χ2n) is 4.48. The van der Waals surface area contributed by atoms with Crippen LogP contribution in [-0.2, 0) is 9.59 Å². The van der Waals surface area contributed by atoms with Crippen molar-refractivity contribution in [2.24, 2.45) is 0 Å². The molecule has 0 fully saturated rings. The Balaban J connectivity index is 1.82. The maximum Gasteiger partial charge on any atom is 0.244 e. The number of aromatic nitrogens is 1. The fraction of sp³-hybridized carbons (Fsp3) is 0.214. The summed E-state index contributed by atoms with van der Waals surface area (Å²) in [5.74, 6) is 0.666. The topological polar surface area (TPSA) is 96.3 Å². The number of amides is 2. The van der Waals surface area contributed by atoms with Gasteiger partial charge in [0.2, 0.25) is 11.8 Å². The zero-order chi connectivity index (χ0) is 15.2. The molecule has 110 valence electrons. The molecular formula is C14H16N4O3. The predicted molar refractivity (Wildman–Crippen MR) is 79.1 cm³/mol. The highest BCUT2D eigenvalue weighted by Crippen LogP contribution is 2.13. The number of anilines is 3. The van der Waals surface area contributed by atoms with Crippen LogP contribution >= 0.6 is 0 Å². The van der Waals surface area contributed by atoms with Gasteiger partial charge in [-0.3, -0.25) is 9.59 Å². The van der Waals surface area contributed by atoms with Gasteiger partial charge in [-0.15, -0.1) is 0 Å². The van der Waals surface area contributed by atoms with Gasteiger partial charge in [0.1, 0.15) is 5.76 Å². The zero-order valence-corrected chi connectivity index (χ0v) is 11.8. The normalized spacial score (nSPS) is 10.0. The summed E-state index contributed by atoms with van der Waals surface area (Å²) in [7, 11) is 0. The number of rotatable bonds is 5. The summed E-state index contributed by atoms with van der Waals surface area (Å²) in [6, 6.07) is 8.70. The van der Waals surface area contributed by atoms with Crippen LogP contribution in [0.1, 0.15) is 12.7 Å². The second kappa shape index (κ2) is 6.56. The van der Waals surface area contributed by atoms with Crippen molar-refractivity contribution in [3.05, 3.63) is 36.1 Å². The fourth-order valence-corrected chi connectivity index (χ4v) is 1.67.